The lowest BCUT2D eigenvalue weighted by atomic mass is 10.0. The average Bonchev–Trinajstić information content (AvgIpc) is 3.48. The molecule has 0 atom stereocenters. The maximum atomic E-state index is 13.9. The number of halogens is 1. The first-order valence-corrected chi connectivity index (χ1v) is 9.28. The van der Waals surface area contributed by atoms with Crippen LogP contribution in [0.5, 0.6) is 5.75 Å². The third-order valence-electron chi connectivity index (χ3n) is 5.44. The molecule has 27 heavy (non-hydrogen) atoms. The van der Waals surface area contributed by atoms with Gasteiger partial charge in [-0.05, 0) is 43.9 Å². The van der Waals surface area contributed by atoms with Gasteiger partial charge in [-0.15, -0.1) is 0 Å². The van der Waals surface area contributed by atoms with Crippen molar-refractivity contribution in [3.05, 3.63) is 45.9 Å². The van der Waals surface area contributed by atoms with Crippen LogP contribution in [0.2, 0.25) is 0 Å². The molecule has 144 valence electrons. The highest BCUT2D eigenvalue weighted by molar-refractivity contribution is 5.94. The average molecular weight is 374 g/mol. The number of aryl methyl sites for hydroxylation is 1. The maximum Gasteiger partial charge on any atom is 0.345 e. The van der Waals surface area contributed by atoms with Crippen molar-refractivity contribution in [1.29, 1.82) is 0 Å². The number of likely N-dealkylation sites (tertiary alicyclic amines) is 1. The minimum Gasteiger partial charge on any atom is -0.494 e. The molecule has 1 aliphatic heterocycles. The first-order valence-electron chi connectivity index (χ1n) is 9.28. The molecule has 1 aliphatic carbocycles. The van der Waals surface area contributed by atoms with Crippen molar-refractivity contribution < 1.29 is 13.9 Å². The Morgan fingerprint density at radius 2 is 1.93 bits per heavy atom. The van der Waals surface area contributed by atoms with Gasteiger partial charge in [0, 0.05) is 37.7 Å². The molecular weight excluding hydrogens is 351 g/mol. The summed E-state index contributed by atoms with van der Waals surface area (Å²) in [6.07, 6.45) is 3.54. The van der Waals surface area contributed by atoms with Crippen LogP contribution in [0.1, 0.15) is 53.8 Å². The van der Waals surface area contributed by atoms with Crippen molar-refractivity contribution in [2.24, 2.45) is 7.05 Å². The fourth-order valence-electron chi connectivity index (χ4n) is 3.77. The molecule has 0 N–H and O–H groups in total. The van der Waals surface area contributed by atoms with Crippen LogP contribution in [0.4, 0.5) is 4.39 Å². The van der Waals surface area contributed by atoms with Crippen LogP contribution < -0.4 is 10.4 Å². The molecule has 0 spiro atoms. The van der Waals surface area contributed by atoms with Gasteiger partial charge in [0.1, 0.15) is 5.82 Å². The molecule has 4 rings (SSSR count). The molecule has 1 aromatic heterocycles. The monoisotopic (exact) mass is 374 g/mol. The number of amides is 1. The van der Waals surface area contributed by atoms with Gasteiger partial charge in [0.2, 0.25) is 0 Å². The summed E-state index contributed by atoms with van der Waals surface area (Å²) in [5.74, 6) is 0.643. The summed E-state index contributed by atoms with van der Waals surface area (Å²) in [5, 5.41) is 4.41. The lowest BCUT2D eigenvalue weighted by Gasteiger charge is -2.32. The minimum atomic E-state index is -0.547. The predicted octanol–water partition coefficient (Wildman–Crippen LogP) is 2.08. The first-order chi connectivity index (χ1) is 13.0. The number of carbonyl (C=O) groups excluding carboxylic acids is 1. The van der Waals surface area contributed by atoms with Gasteiger partial charge in [-0.1, -0.05) is 0 Å². The highest BCUT2D eigenvalue weighted by Gasteiger charge is 2.34. The summed E-state index contributed by atoms with van der Waals surface area (Å²) in [7, 11) is 3.07. The molecule has 1 aromatic carbocycles. The van der Waals surface area contributed by atoms with E-state index >= 15 is 0 Å². The molecule has 8 heteroatoms. The lowest BCUT2D eigenvalue weighted by Crippen LogP contribution is -2.41. The zero-order valence-corrected chi connectivity index (χ0v) is 15.5. The molecule has 2 heterocycles. The molecule has 2 aromatic rings. The molecule has 1 saturated heterocycles. The van der Waals surface area contributed by atoms with E-state index in [1.54, 1.807) is 18.0 Å². The molecule has 0 bridgehead atoms. The Kier molecular flexibility index (Phi) is 4.49. The molecule has 2 fully saturated rings. The van der Waals surface area contributed by atoms with Gasteiger partial charge in [-0.3, -0.25) is 9.36 Å². The van der Waals surface area contributed by atoms with E-state index in [4.69, 9.17) is 4.74 Å². The Morgan fingerprint density at radius 3 is 2.52 bits per heavy atom. The van der Waals surface area contributed by atoms with E-state index in [1.165, 1.54) is 23.9 Å². The van der Waals surface area contributed by atoms with Crippen molar-refractivity contribution in [3.63, 3.8) is 0 Å². The largest absolute Gasteiger partial charge is 0.494 e. The number of rotatable bonds is 4. The number of benzene rings is 1. The molecule has 0 radical (unpaired) electrons. The highest BCUT2D eigenvalue weighted by atomic mass is 19.1. The topological polar surface area (TPSA) is 69.4 Å². The van der Waals surface area contributed by atoms with Crippen molar-refractivity contribution in [3.8, 4) is 5.75 Å². The zero-order valence-electron chi connectivity index (χ0n) is 15.5. The normalized spacial score (nSPS) is 18.0. The van der Waals surface area contributed by atoms with Gasteiger partial charge >= 0.3 is 5.69 Å². The van der Waals surface area contributed by atoms with E-state index in [0.29, 0.717) is 37.4 Å². The van der Waals surface area contributed by atoms with Crippen LogP contribution in [0.25, 0.3) is 0 Å². The van der Waals surface area contributed by atoms with Gasteiger partial charge in [0.05, 0.1) is 7.11 Å². The highest BCUT2D eigenvalue weighted by Crippen LogP contribution is 2.40. The van der Waals surface area contributed by atoms with Crippen molar-refractivity contribution in [1.82, 2.24) is 19.2 Å². The molecule has 1 saturated carbocycles. The van der Waals surface area contributed by atoms with Crippen LogP contribution >= 0.6 is 0 Å². The Hall–Kier alpha value is -2.64. The van der Waals surface area contributed by atoms with E-state index < -0.39 is 5.82 Å². The van der Waals surface area contributed by atoms with Gasteiger partial charge < -0.3 is 9.64 Å². The Labute approximate surface area is 156 Å². The van der Waals surface area contributed by atoms with Gasteiger partial charge in [-0.25, -0.2) is 13.9 Å². The van der Waals surface area contributed by atoms with Crippen molar-refractivity contribution in [2.45, 2.75) is 37.6 Å². The van der Waals surface area contributed by atoms with Crippen molar-refractivity contribution in [2.75, 3.05) is 20.2 Å². The van der Waals surface area contributed by atoms with Crippen LogP contribution in [0, 0.1) is 5.82 Å². The summed E-state index contributed by atoms with van der Waals surface area (Å²) in [6, 6.07) is 4.31. The Bertz CT molecular complexity index is 924. The quantitative estimate of drug-likeness (QED) is 0.822. The fourth-order valence-corrected chi connectivity index (χ4v) is 3.77. The van der Waals surface area contributed by atoms with Crippen LogP contribution in [0.15, 0.2) is 23.0 Å². The molecule has 7 nitrogen and oxygen atoms in total. The second-order valence-corrected chi connectivity index (χ2v) is 7.28. The van der Waals surface area contributed by atoms with Crippen LogP contribution in [0.3, 0.4) is 0 Å². The van der Waals surface area contributed by atoms with Gasteiger partial charge in [0.15, 0.2) is 11.6 Å². The number of carbonyl (C=O) groups is 1. The number of hydrogen-bond donors (Lipinski definition) is 0. The predicted molar refractivity (Wildman–Crippen MR) is 96.6 cm³/mol. The fraction of sp³-hybridized carbons (Fsp3) is 0.526. The van der Waals surface area contributed by atoms with Crippen LogP contribution in [-0.4, -0.2) is 45.4 Å². The number of methoxy groups -OCH3 is 1. The summed E-state index contributed by atoms with van der Waals surface area (Å²) in [4.78, 5) is 26.9. The molecular formula is C19H23FN4O3. The number of piperidine rings is 1. The summed E-state index contributed by atoms with van der Waals surface area (Å²) in [5.41, 5.74) is 0.225. The third-order valence-corrected chi connectivity index (χ3v) is 5.44. The molecule has 1 amide bonds. The van der Waals surface area contributed by atoms with Gasteiger partial charge in [0.25, 0.3) is 5.91 Å². The minimum absolute atomic E-state index is 0.0541. The number of hydrogen-bond acceptors (Lipinski definition) is 4. The number of aromatic nitrogens is 3. The SMILES string of the molecule is COc1ccc(C(=O)N2CCC(n3c(C4CC4)nn(C)c3=O)CC2)cc1F. The standard InChI is InChI=1S/C19H23FN4O3/c1-22-19(26)24(17(21-22)12-3-4-12)14-7-9-23(10-8-14)18(25)13-5-6-16(27-2)15(20)11-13/h5-6,11-12,14H,3-4,7-10H2,1-2H3. The lowest BCUT2D eigenvalue weighted by molar-refractivity contribution is 0.0691. The Balaban J connectivity index is 1.47. The van der Waals surface area contributed by atoms with E-state index in [0.717, 1.165) is 18.7 Å². The van der Waals surface area contributed by atoms with E-state index in [2.05, 4.69) is 5.10 Å². The van der Waals surface area contributed by atoms with Crippen LogP contribution in [-0.2, 0) is 7.05 Å². The zero-order chi connectivity index (χ0) is 19.1. The summed E-state index contributed by atoms with van der Waals surface area (Å²) in [6.45, 7) is 1.06. The summed E-state index contributed by atoms with van der Waals surface area (Å²) >= 11 is 0. The van der Waals surface area contributed by atoms with Crippen molar-refractivity contribution >= 4 is 5.91 Å². The second-order valence-electron chi connectivity index (χ2n) is 7.28. The maximum absolute atomic E-state index is 13.9. The smallest absolute Gasteiger partial charge is 0.345 e. The first kappa shape index (κ1) is 17.8. The Morgan fingerprint density at radius 1 is 1.22 bits per heavy atom. The van der Waals surface area contributed by atoms with E-state index in [-0.39, 0.29) is 23.4 Å². The second kappa shape index (κ2) is 6.83. The molecule has 2 aliphatic rings. The van der Waals surface area contributed by atoms with Gasteiger partial charge in [-0.2, -0.15) is 5.10 Å². The van der Waals surface area contributed by atoms with E-state index in [9.17, 15) is 14.0 Å². The number of ether oxygens (including phenoxy) is 1. The summed E-state index contributed by atoms with van der Waals surface area (Å²) < 4.78 is 22.0. The third kappa shape index (κ3) is 3.24. The number of nitrogens with zero attached hydrogens (tertiary/aromatic N) is 4. The van der Waals surface area contributed by atoms with E-state index in [1.807, 2.05) is 4.57 Å². The molecule has 0 unspecified atom stereocenters.